The van der Waals surface area contributed by atoms with Crippen LogP contribution in [0.3, 0.4) is 0 Å². The average molecular weight is 324 g/mol. The summed E-state index contributed by atoms with van der Waals surface area (Å²) in [5.41, 5.74) is 2.89. The smallest absolute Gasteiger partial charge is 0.316 e. The van der Waals surface area contributed by atoms with E-state index in [9.17, 15) is 0 Å². The lowest BCUT2D eigenvalue weighted by Gasteiger charge is -2.03. The number of nitrogens with zero attached hydrogens (tertiary/aromatic N) is 4. The molecule has 0 aromatic carbocycles. The maximum Gasteiger partial charge on any atom is 0.316 e. The van der Waals surface area contributed by atoms with Gasteiger partial charge in [0, 0.05) is 30.1 Å². The second-order valence-corrected chi connectivity index (χ2v) is 5.70. The Labute approximate surface area is 135 Å². The fourth-order valence-electron chi connectivity index (χ4n) is 2.17. The molecular formula is C15H12N6OS. The number of H-pyrrole nitrogens is 1. The zero-order chi connectivity index (χ0) is 15.5. The van der Waals surface area contributed by atoms with E-state index in [4.69, 9.17) is 4.42 Å². The van der Waals surface area contributed by atoms with E-state index in [-0.39, 0.29) is 0 Å². The number of thiophene rings is 1. The van der Waals surface area contributed by atoms with Gasteiger partial charge in [0.25, 0.3) is 5.89 Å². The molecular weight excluding hydrogens is 312 g/mol. The molecule has 0 aliphatic carbocycles. The molecule has 4 aromatic heterocycles. The van der Waals surface area contributed by atoms with Gasteiger partial charge in [0.15, 0.2) is 0 Å². The Kier molecular flexibility index (Phi) is 3.57. The van der Waals surface area contributed by atoms with Crippen molar-refractivity contribution in [3.05, 3.63) is 53.8 Å². The van der Waals surface area contributed by atoms with Crippen molar-refractivity contribution < 1.29 is 4.42 Å². The zero-order valence-corrected chi connectivity index (χ0v) is 12.7. The summed E-state index contributed by atoms with van der Waals surface area (Å²) in [4.78, 5) is 5.07. The molecule has 2 N–H and O–H groups in total. The maximum absolute atomic E-state index is 5.61. The Balaban J connectivity index is 1.49. The molecule has 0 fully saturated rings. The Morgan fingerprint density at radius 3 is 3.00 bits per heavy atom. The largest absolute Gasteiger partial charge is 0.403 e. The molecule has 0 bridgehead atoms. The van der Waals surface area contributed by atoms with Gasteiger partial charge in [-0.05, 0) is 23.6 Å². The standard InChI is InChI=1S/C15H12N6OS/c1-3-10(7-16-5-1)13-11(9-18-19-13)8-17-15-21-20-14(22-15)12-4-2-6-23-12/h1-7,9H,8H2,(H,17,21)(H,18,19). The first-order valence-corrected chi connectivity index (χ1v) is 7.82. The minimum absolute atomic E-state index is 0.381. The zero-order valence-electron chi connectivity index (χ0n) is 11.9. The fourth-order valence-corrected chi connectivity index (χ4v) is 2.82. The second kappa shape index (κ2) is 6.01. The molecule has 8 heteroatoms. The molecule has 23 heavy (non-hydrogen) atoms. The molecule has 7 nitrogen and oxygen atoms in total. The molecule has 114 valence electrons. The van der Waals surface area contributed by atoms with Crippen LogP contribution >= 0.6 is 11.3 Å². The summed E-state index contributed by atoms with van der Waals surface area (Å²) >= 11 is 1.56. The molecule has 0 aliphatic heterocycles. The number of hydrogen-bond acceptors (Lipinski definition) is 7. The number of hydrogen-bond donors (Lipinski definition) is 2. The monoisotopic (exact) mass is 324 g/mol. The summed E-state index contributed by atoms with van der Waals surface area (Å²) in [6.45, 7) is 0.521. The number of aromatic nitrogens is 5. The molecule has 4 aromatic rings. The molecule has 0 saturated heterocycles. The van der Waals surface area contributed by atoms with E-state index in [2.05, 4.69) is 30.7 Å². The van der Waals surface area contributed by atoms with Crippen LogP contribution in [0.25, 0.3) is 22.0 Å². The number of anilines is 1. The van der Waals surface area contributed by atoms with Crippen molar-refractivity contribution in [3.8, 4) is 22.0 Å². The number of aromatic amines is 1. The summed E-state index contributed by atoms with van der Waals surface area (Å²) in [6, 6.07) is 8.14. The lowest BCUT2D eigenvalue weighted by Crippen LogP contribution is -2.00. The molecule has 0 amide bonds. The van der Waals surface area contributed by atoms with E-state index >= 15 is 0 Å². The third-order valence-corrected chi connectivity index (χ3v) is 4.11. The Morgan fingerprint density at radius 1 is 1.17 bits per heavy atom. The van der Waals surface area contributed by atoms with E-state index in [0.29, 0.717) is 18.5 Å². The molecule has 0 unspecified atom stereocenters. The van der Waals surface area contributed by atoms with E-state index in [0.717, 1.165) is 21.7 Å². The van der Waals surface area contributed by atoms with E-state index < -0.39 is 0 Å². The van der Waals surface area contributed by atoms with Crippen LogP contribution < -0.4 is 5.32 Å². The first kappa shape index (κ1) is 13.6. The van der Waals surface area contributed by atoms with Gasteiger partial charge in [-0.2, -0.15) is 5.10 Å². The Bertz CT molecular complexity index is 884. The van der Waals surface area contributed by atoms with Crippen molar-refractivity contribution in [2.24, 2.45) is 0 Å². The van der Waals surface area contributed by atoms with Crippen LogP contribution in [0.2, 0.25) is 0 Å². The second-order valence-electron chi connectivity index (χ2n) is 4.76. The molecule has 0 saturated carbocycles. The molecule has 4 rings (SSSR count). The lowest BCUT2D eigenvalue weighted by atomic mass is 10.1. The van der Waals surface area contributed by atoms with Gasteiger partial charge in [0.05, 0.1) is 16.8 Å². The quantitative estimate of drug-likeness (QED) is 0.585. The predicted octanol–water partition coefficient (Wildman–Crippen LogP) is 3.20. The number of pyridine rings is 1. The van der Waals surface area contributed by atoms with Gasteiger partial charge in [-0.25, -0.2) is 0 Å². The molecule has 0 radical (unpaired) electrons. The summed E-state index contributed by atoms with van der Waals surface area (Å²) < 4.78 is 5.61. The van der Waals surface area contributed by atoms with Crippen LogP contribution in [0.15, 0.2) is 52.7 Å². The number of rotatable bonds is 5. The van der Waals surface area contributed by atoms with Gasteiger partial charge in [0.1, 0.15) is 0 Å². The third kappa shape index (κ3) is 2.84. The van der Waals surface area contributed by atoms with Crippen molar-refractivity contribution in [1.82, 2.24) is 25.4 Å². The minimum Gasteiger partial charge on any atom is -0.403 e. The fraction of sp³-hybridized carbons (Fsp3) is 0.0667. The van der Waals surface area contributed by atoms with Gasteiger partial charge < -0.3 is 9.73 Å². The SMILES string of the molecule is c1cncc(-c2[nH]ncc2CNc2nnc(-c3cccs3)o2)c1. The van der Waals surface area contributed by atoms with Crippen LogP contribution in [-0.4, -0.2) is 25.4 Å². The van der Waals surface area contributed by atoms with Crippen molar-refractivity contribution in [2.75, 3.05) is 5.32 Å². The highest BCUT2D eigenvalue weighted by molar-refractivity contribution is 7.13. The molecule has 0 aliphatic rings. The normalized spacial score (nSPS) is 10.8. The predicted molar refractivity (Wildman–Crippen MR) is 86.8 cm³/mol. The van der Waals surface area contributed by atoms with Crippen molar-refractivity contribution in [1.29, 1.82) is 0 Å². The number of nitrogens with one attached hydrogen (secondary N) is 2. The van der Waals surface area contributed by atoms with Gasteiger partial charge >= 0.3 is 6.01 Å². The topological polar surface area (TPSA) is 92.5 Å². The van der Waals surface area contributed by atoms with Crippen LogP contribution in [-0.2, 0) is 6.54 Å². The van der Waals surface area contributed by atoms with Crippen LogP contribution in [0, 0.1) is 0 Å². The third-order valence-electron chi connectivity index (χ3n) is 3.26. The molecule has 0 spiro atoms. The van der Waals surface area contributed by atoms with Crippen LogP contribution in [0.1, 0.15) is 5.56 Å². The van der Waals surface area contributed by atoms with Crippen molar-refractivity contribution in [3.63, 3.8) is 0 Å². The Morgan fingerprint density at radius 2 is 2.17 bits per heavy atom. The summed E-state index contributed by atoms with van der Waals surface area (Å²) in [6.07, 6.45) is 5.30. The highest BCUT2D eigenvalue weighted by Gasteiger charge is 2.11. The van der Waals surface area contributed by atoms with Gasteiger partial charge in [-0.3, -0.25) is 10.1 Å². The van der Waals surface area contributed by atoms with E-state index in [1.54, 1.807) is 29.9 Å². The first-order chi connectivity index (χ1) is 11.4. The highest BCUT2D eigenvalue weighted by Crippen LogP contribution is 2.25. The van der Waals surface area contributed by atoms with E-state index in [1.807, 2.05) is 29.6 Å². The van der Waals surface area contributed by atoms with Crippen molar-refractivity contribution in [2.45, 2.75) is 6.54 Å². The summed E-state index contributed by atoms with van der Waals surface area (Å²) in [5.74, 6) is 0.516. The highest BCUT2D eigenvalue weighted by atomic mass is 32.1. The van der Waals surface area contributed by atoms with Crippen LogP contribution in [0.4, 0.5) is 6.01 Å². The lowest BCUT2D eigenvalue weighted by molar-refractivity contribution is 0.582. The maximum atomic E-state index is 5.61. The Hall–Kier alpha value is -3.00. The summed E-state index contributed by atoms with van der Waals surface area (Å²) in [5, 5.41) is 20.2. The van der Waals surface area contributed by atoms with Crippen LogP contribution in [0.5, 0.6) is 0 Å². The molecule has 4 heterocycles. The molecule has 0 atom stereocenters. The van der Waals surface area contributed by atoms with Gasteiger partial charge in [-0.1, -0.05) is 11.2 Å². The first-order valence-electron chi connectivity index (χ1n) is 6.94. The van der Waals surface area contributed by atoms with Gasteiger partial charge in [0.2, 0.25) is 0 Å². The van der Waals surface area contributed by atoms with Crippen molar-refractivity contribution >= 4 is 17.4 Å². The van der Waals surface area contributed by atoms with E-state index in [1.165, 1.54) is 0 Å². The van der Waals surface area contributed by atoms with Gasteiger partial charge in [-0.15, -0.1) is 16.4 Å². The minimum atomic E-state index is 0.381. The summed E-state index contributed by atoms with van der Waals surface area (Å²) in [7, 11) is 0. The average Bonchev–Trinajstić information content (AvgIpc) is 3.33.